The third kappa shape index (κ3) is 6.90. The molecular formula is C20H31N4O6PS. The number of aromatic nitrogens is 1. The first-order chi connectivity index (χ1) is 15.1. The van der Waals surface area contributed by atoms with Crippen LogP contribution in [0.4, 0.5) is 5.13 Å². The van der Waals surface area contributed by atoms with Crippen LogP contribution in [0.25, 0.3) is 11.5 Å². The van der Waals surface area contributed by atoms with Crippen molar-refractivity contribution >= 4 is 41.4 Å². The van der Waals surface area contributed by atoms with Crippen molar-refractivity contribution < 1.29 is 28.0 Å². The quantitative estimate of drug-likeness (QED) is 0.302. The molecule has 2 aromatic rings. The molecule has 0 saturated heterocycles. The van der Waals surface area contributed by atoms with Crippen molar-refractivity contribution in [1.82, 2.24) is 15.2 Å². The van der Waals surface area contributed by atoms with E-state index in [1.54, 1.807) is 19.9 Å². The highest BCUT2D eigenvalue weighted by Crippen LogP contribution is 2.39. The zero-order valence-corrected chi connectivity index (χ0v) is 20.7. The van der Waals surface area contributed by atoms with Crippen LogP contribution < -0.4 is 21.4 Å². The van der Waals surface area contributed by atoms with Gasteiger partial charge in [0.15, 0.2) is 16.4 Å². The van der Waals surface area contributed by atoms with E-state index in [0.717, 1.165) is 11.3 Å². The standard InChI is InChI=1S/C20H31N4O6PS/c1-6-28-16(25)11-22-31(27,24-13(5)19(26)29-7-2)17-9-8-14(30-17)18-15(10-12(3)4)32-20(21)23-18/h8-9,12-13H,6-7,10-11H2,1-5H3,(H2,21,23)(H2,22,24,27)/t13-,31?/m0/s1. The van der Waals surface area contributed by atoms with Crippen LogP contribution in [0, 0.1) is 5.92 Å². The Morgan fingerprint density at radius 3 is 2.53 bits per heavy atom. The van der Waals surface area contributed by atoms with Gasteiger partial charge >= 0.3 is 11.9 Å². The second kappa shape index (κ2) is 11.6. The molecule has 32 heavy (non-hydrogen) atoms. The van der Waals surface area contributed by atoms with Gasteiger partial charge in [-0.25, -0.2) is 15.2 Å². The van der Waals surface area contributed by atoms with Crippen LogP contribution >= 0.6 is 18.8 Å². The van der Waals surface area contributed by atoms with Crippen molar-refractivity contribution in [2.75, 3.05) is 25.5 Å². The average molecular weight is 487 g/mol. The first-order valence-electron chi connectivity index (χ1n) is 10.4. The minimum absolute atomic E-state index is 0.0371. The van der Waals surface area contributed by atoms with Crippen LogP contribution in [-0.2, 0) is 30.0 Å². The van der Waals surface area contributed by atoms with Gasteiger partial charge in [-0.3, -0.25) is 14.2 Å². The van der Waals surface area contributed by atoms with Gasteiger partial charge in [-0.05, 0) is 45.2 Å². The first kappa shape index (κ1) is 26.1. The van der Waals surface area contributed by atoms with E-state index in [4.69, 9.17) is 19.6 Å². The zero-order valence-electron chi connectivity index (χ0n) is 19.0. The summed E-state index contributed by atoms with van der Waals surface area (Å²) in [6.45, 7) is 9.06. The smallest absolute Gasteiger partial charge is 0.323 e. The van der Waals surface area contributed by atoms with E-state index in [1.807, 2.05) is 0 Å². The fraction of sp³-hybridized carbons (Fsp3) is 0.550. The van der Waals surface area contributed by atoms with Crippen molar-refractivity contribution in [2.45, 2.75) is 47.1 Å². The van der Waals surface area contributed by atoms with Crippen molar-refractivity contribution in [3.05, 3.63) is 17.0 Å². The minimum atomic E-state index is -3.74. The summed E-state index contributed by atoms with van der Waals surface area (Å²) in [6, 6.07) is 2.24. The molecular weight excluding hydrogens is 455 g/mol. The number of anilines is 1. The molecule has 0 aliphatic rings. The number of nitrogens with one attached hydrogen (secondary N) is 2. The van der Waals surface area contributed by atoms with Crippen molar-refractivity contribution in [1.29, 1.82) is 0 Å². The fourth-order valence-electron chi connectivity index (χ4n) is 2.86. The third-order valence-electron chi connectivity index (χ3n) is 4.21. The maximum atomic E-state index is 13.8. The van der Waals surface area contributed by atoms with Gasteiger partial charge in [0.2, 0.25) is 0 Å². The molecule has 2 aromatic heterocycles. The number of nitrogens with zero attached hydrogens (tertiary/aromatic N) is 1. The lowest BCUT2D eigenvalue weighted by molar-refractivity contribution is -0.144. The van der Waals surface area contributed by atoms with E-state index in [9.17, 15) is 14.2 Å². The second-order valence-corrected chi connectivity index (χ2v) is 10.8. The number of thiazole rings is 1. The summed E-state index contributed by atoms with van der Waals surface area (Å²) in [5.41, 5.74) is 6.53. The van der Waals surface area contributed by atoms with Gasteiger partial charge in [0.1, 0.15) is 18.3 Å². The molecule has 10 nitrogen and oxygen atoms in total. The van der Waals surface area contributed by atoms with Crippen LogP contribution in [0.2, 0.25) is 0 Å². The van der Waals surface area contributed by atoms with Crippen molar-refractivity contribution in [2.24, 2.45) is 5.92 Å². The maximum absolute atomic E-state index is 13.8. The number of furan rings is 1. The summed E-state index contributed by atoms with van der Waals surface area (Å²) in [5, 5.41) is 5.81. The lowest BCUT2D eigenvalue weighted by atomic mass is 10.1. The summed E-state index contributed by atoms with van der Waals surface area (Å²) in [7, 11) is -3.74. The summed E-state index contributed by atoms with van der Waals surface area (Å²) < 4.78 is 29.6. The van der Waals surface area contributed by atoms with Crippen LogP contribution in [0.3, 0.4) is 0 Å². The molecule has 2 heterocycles. The number of hydrogen-bond donors (Lipinski definition) is 3. The van der Waals surface area contributed by atoms with Gasteiger partial charge in [0, 0.05) is 4.88 Å². The van der Waals surface area contributed by atoms with Crippen LogP contribution in [0.15, 0.2) is 16.5 Å². The second-order valence-electron chi connectivity index (χ2n) is 7.41. The first-order valence-corrected chi connectivity index (χ1v) is 12.9. The highest BCUT2D eigenvalue weighted by molar-refractivity contribution is 7.67. The number of nitrogen functional groups attached to an aromatic ring is 1. The topological polar surface area (TPSA) is 146 Å². The maximum Gasteiger partial charge on any atom is 0.323 e. The van der Waals surface area contributed by atoms with E-state index in [2.05, 4.69) is 29.0 Å². The Balaban J connectivity index is 2.36. The molecule has 1 unspecified atom stereocenters. The van der Waals surface area contributed by atoms with E-state index in [0.29, 0.717) is 22.5 Å². The van der Waals surface area contributed by atoms with Gasteiger partial charge in [-0.15, -0.1) is 11.3 Å². The Kier molecular flexibility index (Phi) is 9.45. The van der Waals surface area contributed by atoms with Gasteiger partial charge in [-0.1, -0.05) is 13.8 Å². The van der Waals surface area contributed by atoms with E-state index in [1.165, 1.54) is 24.3 Å². The number of nitrogens with two attached hydrogens (primary N) is 1. The van der Waals surface area contributed by atoms with Crippen molar-refractivity contribution in [3.63, 3.8) is 0 Å². The fourth-order valence-corrected chi connectivity index (χ4v) is 5.80. The molecule has 2 atom stereocenters. The Morgan fingerprint density at radius 2 is 1.91 bits per heavy atom. The van der Waals surface area contributed by atoms with Gasteiger partial charge in [0.25, 0.3) is 7.44 Å². The van der Waals surface area contributed by atoms with E-state index >= 15 is 0 Å². The van der Waals surface area contributed by atoms with E-state index in [-0.39, 0.29) is 25.3 Å². The lowest BCUT2D eigenvalue weighted by Gasteiger charge is -2.21. The van der Waals surface area contributed by atoms with E-state index < -0.39 is 25.4 Å². The number of rotatable bonds is 12. The van der Waals surface area contributed by atoms with Gasteiger partial charge in [0.05, 0.1) is 13.2 Å². The minimum Gasteiger partial charge on any atom is -0.465 e. The third-order valence-corrected chi connectivity index (χ3v) is 7.33. The lowest BCUT2D eigenvalue weighted by Crippen LogP contribution is -2.41. The summed E-state index contributed by atoms with van der Waals surface area (Å²) in [4.78, 5) is 29.3. The SMILES string of the molecule is CCOC(=O)CNP(=O)(N[C@@H](C)C(=O)OCC)c1ccc(-c2nc(N)sc2CC(C)C)o1. The largest absolute Gasteiger partial charge is 0.465 e. The number of carbonyl (C=O) groups is 2. The molecule has 2 rings (SSSR count). The molecule has 0 aliphatic carbocycles. The predicted octanol–water partition coefficient (Wildman–Crippen LogP) is 2.70. The number of esters is 2. The van der Waals surface area contributed by atoms with Crippen LogP contribution in [0.1, 0.15) is 39.5 Å². The molecule has 4 N–H and O–H groups in total. The Bertz CT molecular complexity index is 973. The molecule has 12 heteroatoms. The molecule has 0 fully saturated rings. The molecule has 0 bridgehead atoms. The van der Waals surface area contributed by atoms with Crippen LogP contribution in [-0.4, -0.2) is 42.7 Å². The average Bonchev–Trinajstić information content (AvgIpc) is 3.33. The van der Waals surface area contributed by atoms with Crippen LogP contribution in [0.5, 0.6) is 0 Å². The molecule has 0 aliphatic heterocycles. The normalized spacial score (nSPS) is 14.2. The summed E-state index contributed by atoms with van der Waals surface area (Å²) in [5.74, 6) is -0.389. The highest BCUT2D eigenvalue weighted by Gasteiger charge is 2.34. The Hall–Kier alpha value is -2.20. The molecule has 0 aromatic carbocycles. The monoisotopic (exact) mass is 486 g/mol. The molecule has 178 valence electrons. The summed E-state index contributed by atoms with van der Waals surface area (Å²) >= 11 is 1.38. The molecule has 0 saturated carbocycles. The summed E-state index contributed by atoms with van der Waals surface area (Å²) in [6.07, 6.45) is 0.761. The number of carbonyl (C=O) groups excluding carboxylic acids is 2. The van der Waals surface area contributed by atoms with Crippen molar-refractivity contribution in [3.8, 4) is 11.5 Å². The number of ether oxygens (including phenoxy) is 2. The van der Waals surface area contributed by atoms with Gasteiger partial charge < -0.3 is 19.6 Å². The Morgan fingerprint density at radius 1 is 1.22 bits per heavy atom. The molecule has 0 radical (unpaired) electrons. The Labute approximate surface area is 191 Å². The number of hydrogen-bond acceptors (Lipinski definition) is 9. The zero-order chi connectivity index (χ0) is 23.9. The highest BCUT2D eigenvalue weighted by atomic mass is 32.1. The predicted molar refractivity (Wildman–Crippen MR) is 124 cm³/mol. The molecule has 0 amide bonds. The molecule has 0 spiro atoms. The van der Waals surface area contributed by atoms with Gasteiger partial charge in [-0.2, -0.15) is 0 Å².